The molecule has 1 atom stereocenters. The van der Waals surface area contributed by atoms with Gasteiger partial charge in [0.15, 0.2) is 0 Å². The molecule has 2 aromatic heterocycles. The number of likely N-dealkylation sites (tertiary alicyclic amines) is 1. The van der Waals surface area contributed by atoms with Crippen LogP contribution in [0.3, 0.4) is 0 Å². The number of carbonyl (C=O) groups excluding carboxylic acids is 1. The normalized spacial score (nSPS) is 17.8. The third kappa shape index (κ3) is 4.14. The fourth-order valence-corrected chi connectivity index (χ4v) is 3.39. The van der Waals surface area contributed by atoms with Crippen LogP contribution in [-0.2, 0) is 0 Å². The minimum atomic E-state index is 0.0248. The van der Waals surface area contributed by atoms with E-state index in [1.165, 1.54) is 38.8 Å². The second kappa shape index (κ2) is 7.64. The lowest BCUT2D eigenvalue weighted by Crippen LogP contribution is -2.37. The predicted octanol–water partition coefficient (Wildman–Crippen LogP) is 3.32. The molecule has 1 aliphatic rings. The Morgan fingerprint density at radius 3 is 2.74 bits per heavy atom. The minimum absolute atomic E-state index is 0.0248. The average Bonchev–Trinajstić information content (AvgIpc) is 2.81. The zero-order chi connectivity index (χ0) is 16.1. The number of amides is 1. The predicted molar refractivity (Wildman–Crippen MR) is 93.9 cm³/mol. The molecule has 0 aliphatic carbocycles. The lowest BCUT2D eigenvalue weighted by Gasteiger charge is -2.27. The van der Waals surface area contributed by atoms with Crippen molar-refractivity contribution in [2.45, 2.75) is 45.1 Å². The van der Waals surface area contributed by atoms with Crippen molar-refractivity contribution in [3.05, 3.63) is 42.2 Å². The van der Waals surface area contributed by atoms with Gasteiger partial charge in [-0.25, -0.2) is 0 Å². The van der Waals surface area contributed by atoms with E-state index >= 15 is 0 Å². The SMILES string of the molecule is C[C@@H](CCNC(=O)c1cc2ccccn2c1)N1CCCCCC1. The summed E-state index contributed by atoms with van der Waals surface area (Å²) in [6, 6.07) is 8.45. The highest BCUT2D eigenvalue weighted by atomic mass is 16.1. The van der Waals surface area contributed by atoms with Crippen LogP contribution in [0.25, 0.3) is 5.52 Å². The molecular formula is C19H27N3O. The van der Waals surface area contributed by atoms with Crippen molar-refractivity contribution in [3.63, 3.8) is 0 Å². The van der Waals surface area contributed by atoms with E-state index in [0.717, 1.165) is 24.0 Å². The van der Waals surface area contributed by atoms with E-state index in [-0.39, 0.29) is 5.91 Å². The number of hydrogen-bond donors (Lipinski definition) is 1. The molecule has 0 bridgehead atoms. The van der Waals surface area contributed by atoms with Crippen LogP contribution in [0.1, 0.15) is 49.4 Å². The van der Waals surface area contributed by atoms with Gasteiger partial charge < -0.3 is 14.6 Å². The van der Waals surface area contributed by atoms with Crippen LogP contribution < -0.4 is 5.32 Å². The molecule has 4 nitrogen and oxygen atoms in total. The molecule has 23 heavy (non-hydrogen) atoms. The van der Waals surface area contributed by atoms with Gasteiger partial charge in [-0.05, 0) is 57.5 Å². The Bertz CT molecular complexity index is 608. The summed E-state index contributed by atoms with van der Waals surface area (Å²) in [5.41, 5.74) is 1.79. The summed E-state index contributed by atoms with van der Waals surface area (Å²) in [6.45, 7) is 5.44. The number of nitrogens with one attached hydrogen (secondary N) is 1. The highest BCUT2D eigenvalue weighted by molar-refractivity contribution is 5.95. The van der Waals surface area contributed by atoms with Gasteiger partial charge in [-0.3, -0.25) is 4.79 Å². The Morgan fingerprint density at radius 1 is 1.22 bits per heavy atom. The van der Waals surface area contributed by atoms with Gasteiger partial charge in [-0.15, -0.1) is 0 Å². The second-order valence-electron chi connectivity index (χ2n) is 6.61. The minimum Gasteiger partial charge on any atom is -0.352 e. The maximum atomic E-state index is 12.3. The van der Waals surface area contributed by atoms with Crippen molar-refractivity contribution >= 4 is 11.4 Å². The highest BCUT2D eigenvalue weighted by Gasteiger charge is 2.16. The van der Waals surface area contributed by atoms with Gasteiger partial charge in [0.1, 0.15) is 0 Å². The highest BCUT2D eigenvalue weighted by Crippen LogP contribution is 2.14. The van der Waals surface area contributed by atoms with Gasteiger partial charge in [0.25, 0.3) is 5.91 Å². The van der Waals surface area contributed by atoms with E-state index < -0.39 is 0 Å². The smallest absolute Gasteiger partial charge is 0.252 e. The van der Waals surface area contributed by atoms with Gasteiger partial charge in [0.05, 0.1) is 5.56 Å². The summed E-state index contributed by atoms with van der Waals surface area (Å²) in [7, 11) is 0. The molecule has 1 amide bonds. The molecule has 0 saturated carbocycles. The van der Waals surface area contributed by atoms with Crippen LogP contribution in [0, 0.1) is 0 Å². The van der Waals surface area contributed by atoms with Crippen molar-refractivity contribution < 1.29 is 4.79 Å². The molecule has 124 valence electrons. The van der Waals surface area contributed by atoms with Gasteiger partial charge in [-0.2, -0.15) is 0 Å². The summed E-state index contributed by atoms with van der Waals surface area (Å²) >= 11 is 0. The van der Waals surface area contributed by atoms with Crippen molar-refractivity contribution in [1.29, 1.82) is 0 Å². The van der Waals surface area contributed by atoms with Crippen LogP contribution in [0.2, 0.25) is 0 Å². The van der Waals surface area contributed by atoms with Crippen molar-refractivity contribution in [2.24, 2.45) is 0 Å². The Labute approximate surface area is 138 Å². The quantitative estimate of drug-likeness (QED) is 0.919. The molecule has 0 aromatic carbocycles. The Balaban J connectivity index is 1.48. The summed E-state index contributed by atoms with van der Waals surface area (Å²) in [5, 5.41) is 3.07. The Hall–Kier alpha value is -1.81. The summed E-state index contributed by atoms with van der Waals surface area (Å²) < 4.78 is 1.98. The van der Waals surface area contributed by atoms with Crippen LogP contribution in [0.15, 0.2) is 36.7 Å². The van der Waals surface area contributed by atoms with Gasteiger partial charge in [0.2, 0.25) is 0 Å². The number of hydrogen-bond acceptors (Lipinski definition) is 2. The molecule has 3 heterocycles. The first-order chi connectivity index (χ1) is 11.2. The number of fused-ring (bicyclic) bond motifs is 1. The first-order valence-corrected chi connectivity index (χ1v) is 8.83. The topological polar surface area (TPSA) is 36.8 Å². The van der Waals surface area contributed by atoms with Crippen molar-refractivity contribution in [1.82, 2.24) is 14.6 Å². The van der Waals surface area contributed by atoms with E-state index in [0.29, 0.717) is 6.04 Å². The molecule has 3 rings (SSSR count). The molecule has 1 aliphatic heterocycles. The van der Waals surface area contributed by atoms with Crippen LogP contribution >= 0.6 is 0 Å². The molecule has 1 N–H and O–H groups in total. The molecule has 0 radical (unpaired) electrons. The summed E-state index contributed by atoms with van der Waals surface area (Å²) in [4.78, 5) is 14.9. The molecule has 1 saturated heterocycles. The van der Waals surface area contributed by atoms with Gasteiger partial charge in [0, 0.05) is 30.5 Å². The monoisotopic (exact) mass is 313 g/mol. The third-order valence-electron chi connectivity index (χ3n) is 4.88. The summed E-state index contributed by atoms with van der Waals surface area (Å²) in [6.07, 6.45) is 10.2. The second-order valence-corrected chi connectivity index (χ2v) is 6.61. The molecule has 1 fully saturated rings. The van der Waals surface area contributed by atoms with E-state index in [1.807, 2.05) is 41.1 Å². The fraction of sp³-hybridized carbons (Fsp3) is 0.526. The number of aromatic nitrogens is 1. The number of pyridine rings is 1. The maximum Gasteiger partial charge on any atom is 0.252 e. The average molecular weight is 313 g/mol. The number of rotatable bonds is 5. The van der Waals surface area contributed by atoms with Gasteiger partial charge in [-0.1, -0.05) is 18.9 Å². The number of carbonyl (C=O) groups is 1. The largest absolute Gasteiger partial charge is 0.352 e. The third-order valence-corrected chi connectivity index (χ3v) is 4.88. The van der Waals surface area contributed by atoms with Crippen molar-refractivity contribution in [3.8, 4) is 0 Å². The molecule has 0 unspecified atom stereocenters. The standard InChI is InChI=1S/C19H27N3O/c1-16(21-11-5-2-3-6-12-21)9-10-20-19(23)17-14-18-8-4-7-13-22(18)15-17/h4,7-8,13-16H,2-3,5-6,9-12H2,1H3,(H,20,23)/t16-/m0/s1. The van der Waals surface area contributed by atoms with Crippen LogP contribution in [0.5, 0.6) is 0 Å². The maximum absolute atomic E-state index is 12.3. The number of nitrogens with zero attached hydrogens (tertiary/aromatic N) is 2. The lowest BCUT2D eigenvalue weighted by molar-refractivity contribution is 0.0948. The van der Waals surface area contributed by atoms with Crippen LogP contribution in [0.4, 0.5) is 0 Å². The summed E-state index contributed by atoms with van der Waals surface area (Å²) in [5.74, 6) is 0.0248. The van der Waals surface area contributed by atoms with E-state index in [1.54, 1.807) is 0 Å². The van der Waals surface area contributed by atoms with E-state index in [2.05, 4.69) is 17.1 Å². The van der Waals surface area contributed by atoms with E-state index in [4.69, 9.17) is 0 Å². The van der Waals surface area contributed by atoms with Crippen molar-refractivity contribution in [2.75, 3.05) is 19.6 Å². The Kier molecular flexibility index (Phi) is 5.34. The van der Waals surface area contributed by atoms with E-state index in [9.17, 15) is 4.79 Å². The molecule has 4 heteroatoms. The zero-order valence-corrected chi connectivity index (χ0v) is 14.0. The Morgan fingerprint density at radius 2 is 2.00 bits per heavy atom. The van der Waals surface area contributed by atoms with Gasteiger partial charge >= 0.3 is 0 Å². The molecule has 2 aromatic rings. The molecule has 0 spiro atoms. The molecular weight excluding hydrogens is 286 g/mol. The van der Waals surface area contributed by atoms with Crippen LogP contribution in [-0.4, -0.2) is 40.9 Å². The first-order valence-electron chi connectivity index (χ1n) is 8.83. The fourth-order valence-electron chi connectivity index (χ4n) is 3.39. The zero-order valence-electron chi connectivity index (χ0n) is 14.0. The first kappa shape index (κ1) is 16.1. The lowest BCUT2D eigenvalue weighted by atomic mass is 10.2.